The van der Waals surface area contributed by atoms with Gasteiger partial charge in [0, 0.05) is 23.6 Å². The normalized spacial score (nSPS) is 20.3. The van der Waals surface area contributed by atoms with Crippen LogP contribution in [0.4, 0.5) is 10.1 Å². The minimum Gasteiger partial charge on any atom is -0.368 e. The highest BCUT2D eigenvalue weighted by Crippen LogP contribution is 2.52. The fourth-order valence-corrected chi connectivity index (χ4v) is 6.24. The standard InChI is InChI=1S/C30H24FN3O5S/c1-17-5-2-7-20(15-17)28(35)25-24(18-10-12-21(31)13-11-18)27(29(32)36)33(30(37)23-9-4-14-40-23)26(25)19-6-3-8-22(16-19)34(38)39/h2-16,24-27H,1H3,(H2,32,36). The van der Waals surface area contributed by atoms with Crippen LogP contribution in [0.3, 0.4) is 0 Å². The minimum atomic E-state index is -1.30. The van der Waals surface area contributed by atoms with E-state index in [-0.39, 0.29) is 11.5 Å². The van der Waals surface area contributed by atoms with Crippen LogP contribution in [0.5, 0.6) is 0 Å². The molecule has 2 amide bonds. The first kappa shape index (κ1) is 26.9. The van der Waals surface area contributed by atoms with Gasteiger partial charge in [0.25, 0.3) is 11.6 Å². The number of nitro groups is 1. The molecular formula is C30H24FN3O5S. The van der Waals surface area contributed by atoms with Crippen molar-refractivity contribution in [2.75, 3.05) is 0 Å². The minimum absolute atomic E-state index is 0.233. The molecule has 40 heavy (non-hydrogen) atoms. The van der Waals surface area contributed by atoms with Crippen LogP contribution in [0.25, 0.3) is 0 Å². The van der Waals surface area contributed by atoms with Gasteiger partial charge in [0.05, 0.1) is 21.8 Å². The number of nitro benzene ring substituents is 1. The number of amides is 2. The van der Waals surface area contributed by atoms with Crippen molar-refractivity contribution in [2.24, 2.45) is 11.7 Å². The molecule has 0 spiro atoms. The number of rotatable bonds is 7. The van der Waals surface area contributed by atoms with Gasteiger partial charge in [-0.3, -0.25) is 24.5 Å². The molecule has 1 saturated heterocycles. The first-order chi connectivity index (χ1) is 19.2. The summed E-state index contributed by atoms with van der Waals surface area (Å²) in [5, 5.41) is 13.4. The van der Waals surface area contributed by atoms with E-state index in [1.165, 1.54) is 47.4 Å². The quantitative estimate of drug-likeness (QED) is 0.184. The zero-order chi connectivity index (χ0) is 28.6. The third-order valence-corrected chi connectivity index (χ3v) is 8.07. The molecule has 5 rings (SSSR count). The molecule has 0 bridgehead atoms. The van der Waals surface area contributed by atoms with Gasteiger partial charge in [0.1, 0.15) is 11.9 Å². The average molecular weight is 558 g/mol. The van der Waals surface area contributed by atoms with E-state index in [0.717, 1.165) is 16.9 Å². The van der Waals surface area contributed by atoms with Crippen LogP contribution in [0.2, 0.25) is 0 Å². The Morgan fingerprint density at radius 3 is 2.30 bits per heavy atom. The van der Waals surface area contributed by atoms with Crippen LogP contribution in [0.15, 0.2) is 90.3 Å². The number of likely N-dealkylation sites (tertiary alicyclic amines) is 1. The molecule has 1 fully saturated rings. The molecular weight excluding hydrogens is 533 g/mol. The Morgan fingerprint density at radius 2 is 1.68 bits per heavy atom. The molecule has 1 aromatic heterocycles. The number of Topliss-reactive ketones (excluding diaryl/α,β-unsaturated/α-hetero) is 1. The number of aryl methyl sites for hydroxylation is 1. The molecule has 2 N–H and O–H groups in total. The topological polar surface area (TPSA) is 124 Å². The van der Waals surface area contributed by atoms with Crippen molar-refractivity contribution in [1.29, 1.82) is 0 Å². The lowest BCUT2D eigenvalue weighted by Gasteiger charge is -2.30. The molecule has 2 heterocycles. The van der Waals surface area contributed by atoms with Gasteiger partial charge in [-0.05, 0) is 47.7 Å². The van der Waals surface area contributed by atoms with Crippen molar-refractivity contribution < 1.29 is 23.7 Å². The first-order valence-electron chi connectivity index (χ1n) is 12.4. The van der Waals surface area contributed by atoms with Crippen LogP contribution in [-0.4, -0.2) is 33.5 Å². The van der Waals surface area contributed by atoms with Crippen molar-refractivity contribution >= 4 is 34.6 Å². The largest absolute Gasteiger partial charge is 0.368 e. The van der Waals surface area contributed by atoms with Crippen molar-refractivity contribution in [3.63, 3.8) is 0 Å². The van der Waals surface area contributed by atoms with Crippen molar-refractivity contribution in [3.8, 4) is 0 Å². The van der Waals surface area contributed by atoms with Gasteiger partial charge in [-0.1, -0.05) is 54.1 Å². The second-order valence-corrected chi connectivity index (χ2v) is 10.6. The maximum atomic E-state index is 14.4. The lowest BCUT2D eigenvalue weighted by Crippen LogP contribution is -2.46. The smallest absolute Gasteiger partial charge is 0.269 e. The predicted molar refractivity (Wildman–Crippen MR) is 147 cm³/mol. The van der Waals surface area contributed by atoms with E-state index >= 15 is 0 Å². The lowest BCUT2D eigenvalue weighted by molar-refractivity contribution is -0.385. The summed E-state index contributed by atoms with van der Waals surface area (Å²) >= 11 is 1.16. The average Bonchev–Trinajstić information content (AvgIpc) is 3.60. The summed E-state index contributed by atoms with van der Waals surface area (Å²) in [5.74, 6) is -4.31. The summed E-state index contributed by atoms with van der Waals surface area (Å²) in [4.78, 5) is 54.3. The Labute approximate surface area is 233 Å². The van der Waals surface area contributed by atoms with E-state index in [2.05, 4.69) is 0 Å². The maximum Gasteiger partial charge on any atom is 0.269 e. The van der Waals surface area contributed by atoms with Crippen molar-refractivity contribution in [2.45, 2.75) is 24.9 Å². The van der Waals surface area contributed by atoms with Crippen molar-refractivity contribution in [1.82, 2.24) is 4.90 Å². The number of carbonyl (C=O) groups is 3. The van der Waals surface area contributed by atoms with Gasteiger partial charge in [0.15, 0.2) is 5.78 Å². The Kier molecular flexibility index (Phi) is 7.27. The second-order valence-electron chi connectivity index (χ2n) is 9.67. The number of hydrogen-bond donors (Lipinski definition) is 1. The highest BCUT2D eigenvalue weighted by atomic mass is 32.1. The van der Waals surface area contributed by atoms with Crippen LogP contribution in [0.1, 0.15) is 48.7 Å². The number of halogens is 1. The summed E-state index contributed by atoms with van der Waals surface area (Å²) in [6.45, 7) is 1.83. The van der Waals surface area contributed by atoms with Crippen molar-refractivity contribution in [3.05, 3.63) is 133 Å². The summed E-state index contributed by atoms with van der Waals surface area (Å²) < 4.78 is 14.0. The molecule has 4 aromatic rings. The summed E-state index contributed by atoms with van der Waals surface area (Å²) in [5.41, 5.74) is 7.64. The molecule has 0 aliphatic carbocycles. The number of non-ortho nitro benzene ring substituents is 1. The third kappa shape index (κ3) is 4.89. The van der Waals surface area contributed by atoms with Gasteiger partial charge >= 0.3 is 0 Å². The molecule has 1 aliphatic heterocycles. The zero-order valence-corrected chi connectivity index (χ0v) is 22.1. The molecule has 0 radical (unpaired) electrons. The Morgan fingerprint density at radius 1 is 0.950 bits per heavy atom. The van der Waals surface area contributed by atoms with Crippen LogP contribution >= 0.6 is 11.3 Å². The van der Waals surface area contributed by atoms with E-state index in [1.54, 1.807) is 41.8 Å². The predicted octanol–water partition coefficient (Wildman–Crippen LogP) is 5.44. The molecule has 4 unspecified atom stereocenters. The number of carbonyl (C=O) groups excluding carboxylic acids is 3. The molecule has 4 atom stereocenters. The number of nitrogens with zero attached hydrogens (tertiary/aromatic N) is 2. The van der Waals surface area contributed by atoms with E-state index in [1.807, 2.05) is 13.0 Å². The molecule has 3 aromatic carbocycles. The molecule has 8 nitrogen and oxygen atoms in total. The SMILES string of the molecule is Cc1cccc(C(=O)C2C(c3ccc(F)cc3)C(C(N)=O)N(C(=O)c3cccs3)C2c2cccc([N+](=O)[O-])c2)c1. The third-order valence-electron chi connectivity index (χ3n) is 7.21. The van der Waals surface area contributed by atoms with Gasteiger partial charge in [0.2, 0.25) is 5.91 Å². The molecule has 10 heteroatoms. The van der Waals surface area contributed by atoms with E-state index < -0.39 is 46.5 Å². The van der Waals surface area contributed by atoms with Crippen LogP contribution in [-0.2, 0) is 4.79 Å². The number of hydrogen-bond acceptors (Lipinski definition) is 6. The van der Waals surface area contributed by atoms with E-state index in [4.69, 9.17) is 5.73 Å². The molecule has 1 aliphatic rings. The number of benzene rings is 3. The highest BCUT2D eigenvalue weighted by Gasteiger charge is 2.57. The zero-order valence-electron chi connectivity index (χ0n) is 21.3. The van der Waals surface area contributed by atoms with Gasteiger partial charge in [-0.25, -0.2) is 4.39 Å². The monoisotopic (exact) mass is 557 g/mol. The van der Waals surface area contributed by atoms with Gasteiger partial charge in [-0.2, -0.15) is 0 Å². The number of nitrogens with two attached hydrogens (primary N) is 1. The van der Waals surface area contributed by atoms with Crippen LogP contribution < -0.4 is 5.73 Å². The lowest BCUT2D eigenvalue weighted by atomic mass is 9.76. The summed E-state index contributed by atoms with van der Waals surface area (Å²) in [6, 6.07) is 18.8. The fraction of sp³-hybridized carbons (Fsp3) is 0.167. The van der Waals surface area contributed by atoms with Gasteiger partial charge in [-0.15, -0.1) is 11.3 Å². The van der Waals surface area contributed by atoms with E-state index in [0.29, 0.717) is 21.6 Å². The summed E-state index contributed by atoms with van der Waals surface area (Å²) in [6.07, 6.45) is 0. The Balaban J connectivity index is 1.80. The first-order valence-corrected chi connectivity index (χ1v) is 13.3. The fourth-order valence-electron chi connectivity index (χ4n) is 5.57. The molecule has 0 saturated carbocycles. The Hall–Kier alpha value is -4.70. The maximum absolute atomic E-state index is 14.4. The number of ketones is 1. The number of primary amides is 1. The summed E-state index contributed by atoms with van der Waals surface area (Å²) in [7, 11) is 0. The molecule has 202 valence electrons. The highest BCUT2D eigenvalue weighted by molar-refractivity contribution is 7.12. The van der Waals surface area contributed by atoms with Crippen LogP contribution in [0, 0.1) is 28.8 Å². The Bertz CT molecular complexity index is 1610. The van der Waals surface area contributed by atoms with E-state index in [9.17, 15) is 28.9 Å². The number of thiophene rings is 1. The second kappa shape index (κ2) is 10.8. The van der Waals surface area contributed by atoms with Gasteiger partial charge < -0.3 is 10.6 Å².